The van der Waals surface area contributed by atoms with E-state index in [1.165, 1.54) is 5.56 Å². The van der Waals surface area contributed by atoms with Gasteiger partial charge in [0.05, 0.1) is 0 Å². The van der Waals surface area contributed by atoms with Gasteiger partial charge in [-0.2, -0.15) is 0 Å². The second-order valence-corrected chi connectivity index (χ2v) is 5.27. The van der Waals surface area contributed by atoms with Crippen LogP contribution >= 0.6 is 0 Å². The minimum absolute atomic E-state index is 0.446. The van der Waals surface area contributed by atoms with Crippen molar-refractivity contribution >= 4 is 9.76 Å². The molecule has 0 aliphatic heterocycles. The van der Waals surface area contributed by atoms with Crippen LogP contribution in [0.4, 0.5) is 0 Å². The van der Waals surface area contributed by atoms with Gasteiger partial charge in [0.1, 0.15) is 0 Å². The van der Waals surface area contributed by atoms with Gasteiger partial charge in [0.25, 0.3) is 0 Å². The van der Waals surface area contributed by atoms with E-state index in [4.69, 9.17) is 0 Å². The maximum atomic E-state index is 9.37. The third-order valence-electron chi connectivity index (χ3n) is 2.25. The Balaban J connectivity index is 2.67. The Morgan fingerprint density at radius 2 is 1.85 bits per heavy atom. The molecule has 0 bridgehead atoms. The Morgan fingerprint density at radius 1 is 1.23 bits per heavy atom. The Morgan fingerprint density at radius 3 is 2.31 bits per heavy atom. The van der Waals surface area contributed by atoms with E-state index >= 15 is 0 Å². The van der Waals surface area contributed by atoms with Crippen LogP contribution in [0.3, 0.4) is 0 Å². The Kier molecular flexibility index (Phi) is 4.19. The summed E-state index contributed by atoms with van der Waals surface area (Å²) in [5.41, 5.74) is 1.76. The molecule has 0 saturated heterocycles. The van der Waals surface area contributed by atoms with Crippen molar-refractivity contribution in [2.45, 2.75) is 25.8 Å². The highest BCUT2D eigenvalue weighted by Gasteiger charge is 2.11. The van der Waals surface area contributed by atoms with E-state index in [1.807, 2.05) is 18.2 Å². The van der Waals surface area contributed by atoms with Gasteiger partial charge in [-0.05, 0) is 23.4 Å². The van der Waals surface area contributed by atoms with E-state index in [0.717, 1.165) is 6.42 Å². The van der Waals surface area contributed by atoms with Crippen molar-refractivity contribution in [3.63, 3.8) is 0 Å². The van der Waals surface area contributed by atoms with Crippen molar-refractivity contribution in [3.05, 3.63) is 35.9 Å². The molecular formula is C11H18OSi. The van der Waals surface area contributed by atoms with Crippen LogP contribution in [-0.4, -0.2) is 14.6 Å². The van der Waals surface area contributed by atoms with Crippen LogP contribution in [0.25, 0.3) is 0 Å². The monoisotopic (exact) mass is 194 g/mol. The maximum Gasteiger partial charge on any atom is 0.164 e. The molecule has 1 aromatic carbocycles. The smallest absolute Gasteiger partial charge is 0.164 e. The first kappa shape index (κ1) is 10.5. The largest absolute Gasteiger partial charge is 0.438 e. The van der Waals surface area contributed by atoms with Crippen molar-refractivity contribution in [2.24, 2.45) is 5.92 Å². The van der Waals surface area contributed by atoms with Gasteiger partial charge < -0.3 is 4.80 Å². The standard InChI is InChI=1S/C11H18OSi/c1-9(2)8-11(13-12)10-6-4-3-5-7-10/h3-7,9,11-12H,8,13H2,1-2H3. The summed E-state index contributed by atoms with van der Waals surface area (Å²) < 4.78 is 0. The van der Waals surface area contributed by atoms with E-state index in [-0.39, 0.29) is 0 Å². The van der Waals surface area contributed by atoms with Crippen molar-refractivity contribution in [3.8, 4) is 0 Å². The molecule has 0 aliphatic rings. The van der Waals surface area contributed by atoms with Gasteiger partial charge >= 0.3 is 0 Å². The van der Waals surface area contributed by atoms with Gasteiger partial charge in [-0.1, -0.05) is 44.2 Å². The van der Waals surface area contributed by atoms with Gasteiger partial charge in [-0.25, -0.2) is 0 Å². The molecule has 1 nitrogen and oxygen atoms in total. The summed E-state index contributed by atoms with van der Waals surface area (Å²) in [5.74, 6) is 0.671. The van der Waals surface area contributed by atoms with Gasteiger partial charge in [0.15, 0.2) is 9.76 Å². The summed E-state index contributed by atoms with van der Waals surface area (Å²) >= 11 is 0. The lowest BCUT2D eigenvalue weighted by atomic mass is 10.0. The van der Waals surface area contributed by atoms with Crippen LogP contribution in [0.1, 0.15) is 31.4 Å². The predicted octanol–water partition coefficient (Wildman–Crippen LogP) is 1.85. The van der Waals surface area contributed by atoms with Gasteiger partial charge in [-0.15, -0.1) is 0 Å². The number of rotatable bonds is 4. The molecule has 0 heterocycles. The predicted molar refractivity (Wildman–Crippen MR) is 59.4 cm³/mol. The molecule has 0 saturated carbocycles. The topological polar surface area (TPSA) is 20.2 Å². The summed E-state index contributed by atoms with van der Waals surface area (Å²) in [7, 11) is -0.913. The van der Waals surface area contributed by atoms with Crippen molar-refractivity contribution in [1.29, 1.82) is 0 Å². The summed E-state index contributed by atoms with van der Waals surface area (Å²) in [6.07, 6.45) is 1.12. The molecule has 0 spiro atoms. The summed E-state index contributed by atoms with van der Waals surface area (Å²) in [6.45, 7) is 4.42. The van der Waals surface area contributed by atoms with Crippen LogP contribution in [0.15, 0.2) is 30.3 Å². The highest BCUT2D eigenvalue weighted by Crippen LogP contribution is 2.21. The molecule has 72 valence electrons. The van der Waals surface area contributed by atoms with Gasteiger partial charge in [0.2, 0.25) is 0 Å². The van der Waals surface area contributed by atoms with E-state index in [1.54, 1.807) is 0 Å². The molecule has 1 aromatic rings. The molecule has 2 heteroatoms. The minimum Gasteiger partial charge on any atom is -0.438 e. The second-order valence-electron chi connectivity index (χ2n) is 3.92. The fraction of sp³-hybridized carbons (Fsp3) is 0.455. The zero-order valence-corrected chi connectivity index (χ0v) is 9.82. The molecule has 1 atom stereocenters. The lowest BCUT2D eigenvalue weighted by molar-refractivity contribution is 0.521. The second kappa shape index (κ2) is 5.20. The van der Waals surface area contributed by atoms with Crippen LogP contribution < -0.4 is 0 Å². The summed E-state index contributed by atoms with van der Waals surface area (Å²) in [5, 5.41) is 0. The fourth-order valence-electron chi connectivity index (χ4n) is 1.61. The summed E-state index contributed by atoms with van der Waals surface area (Å²) in [6, 6.07) is 10.4. The Bertz CT molecular complexity index is 233. The fourth-order valence-corrected chi connectivity index (χ4v) is 2.91. The van der Waals surface area contributed by atoms with Crippen LogP contribution in [0.5, 0.6) is 0 Å². The molecule has 0 aromatic heterocycles. The van der Waals surface area contributed by atoms with Gasteiger partial charge in [-0.3, -0.25) is 0 Å². The molecule has 13 heavy (non-hydrogen) atoms. The normalized spacial score (nSPS) is 14.2. The third-order valence-corrected chi connectivity index (χ3v) is 3.49. The average molecular weight is 194 g/mol. The molecule has 0 aliphatic carbocycles. The zero-order valence-electron chi connectivity index (χ0n) is 8.40. The first-order chi connectivity index (χ1) is 6.24. The van der Waals surface area contributed by atoms with Crippen molar-refractivity contribution < 1.29 is 4.80 Å². The first-order valence-corrected chi connectivity index (χ1v) is 6.34. The first-order valence-electron chi connectivity index (χ1n) is 4.90. The van der Waals surface area contributed by atoms with Crippen LogP contribution in [0.2, 0.25) is 0 Å². The minimum atomic E-state index is -0.913. The molecular weight excluding hydrogens is 176 g/mol. The third kappa shape index (κ3) is 3.33. The van der Waals surface area contributed by atoms with Crippen molar-refractivity contribution in [1.82, 2.24) is 0 Å². The summed E-state index contributed by atoms with van der Waals surface area (Å²) in [4.78, 5) is 9.37. The van der Waals surface area contributed by atoms with Crippen LogP contribution in [-0.2, 0) is 0 Å². The SMILES string of the molecule is CC(C)CC([SiH2]O)c1ccccc1. The Labute approximate surface area is 82.7 Å². The van der Waals surface area contributed by atoms with E-state index < -0.39 is 9.76 Å². The average Bonchev–Trinajstić information content (AvgIpc) is 2.15. The number of benzene rings is 1. The molecule has 1 unspecified atom stereocenters. The molecule has 1 rings (SSSR count). The van der Waals surface area contributed by atoms with E-state index in [0.29, 0.717) is 11.5 Å². The Hall–Kier alpha value is -0.603. The van der Waals surface area contributed by atoms with E-state index in [9.17, 15) is 4.80 Å². The van der Waals surface area contributed by atoms with E-state index in [2.05, 4.69) is 26.0 Å². The molecule has 0 fully saturated rings. The van der Waals surface area contributed by atoms with Gasteiger partial charge in [0, 0.05) is 0 Å². The molecule has 0 radical (unpaired) electrons. The zero-order chi connectivity index (χ0) is 9.68. The lowest BCUT2D eigenvalue weighted by Crippen LogP contribution is -2.10. The van der Waals surface area contributed by atoms with Crippen molar-refractivity contribution in [2.75, 3.05) is 0 Å². The quantitative estimate of drug-likeness (QED) is 0.725. The lowest BCUT2D eigenvalue weighted by Gasteiger charge is -2.15. The molecule has 1 N–H and O–H groups in total. The number of hydrogen-bond donors (Lipinski definition) is 1. The highest BCUT2D eigenvalue weighted by molar-refractivity contribution is 6.28. The van der Waals surface area contributed by atoms with Crippen LogP contribution in [0, 0.1) is 5.92 Å². The number of hydrogen-bond acceptors (Lipinski definition) is 1. The highest BCUT2D eigenvalue weighted by atomic mass is 28.2. The maximum absolute atomic E-state index is 9.37. The molecule has 0 amide bonds.